The molecule has 0 aliphatic heterocycles. The predicted octanol–water partition coefficient (Wildman–Crippen LogP) is 5.32. The van der Waals surface area contributed by atoms with Crippen molar-refractivity contribution in [2.75, 3.05) is 0 Å². The van der Waals surface area contributed by atoms with Gasteiger partial charge in [-0.15, -0.1) is 0 Å². The Morgan fingerprint density at radius 2 is 1.60 bits per heavy atom. The average Bonchev–Trinajstić information content (AvgIpc) is 3.24. The van der Waals surface area contributed by atoms with Crippen LogP contribution in [0.4, 0.5) is 0 Å². The van der Waals surface area contributed by atoms with Gasteiger partial charge < -0.3 is 4.52 Å². The summed E-state index contributed by atoms with van der Waals surface area (Å²) in [7, 11) is 0. The lowest BCUT2D eigenvalue weighted by molar-refractivity contribution is 0.432. The molecule has 0 spiro atoms. The maximum Gasteiger partial charge on any atom is 0.262 e. The molecule has 0 saturated carbocycles. The second-order valence-corrected chi connectivity index (χ2v) is 7.34. The van der Waals surface area contributed by atoms with Gasteiger partial charge in [0.2, 0.25) is 5.82 Å². The normalized spacial score (nSPS) is 11.1. The van der Waals surface area contributed by atoms with Crippen molar-refractivity contribution < 1.29 is 4.52 Å². The van der Waals surface area contributed by atoms with Crippen LogP contribution in [0.15, 0.2) is 88.3 Å². The summed E-state index contributed by atoms with van der Waals surface area (Å²) in [6.45, 7) is 4.02. The van der Waals surface area contributed by atoms with E-state index in [9.17, 15) is 4.79 Å². The van der Waals surface area contributed by atoms with Gasteiger partial charge in [-0.2, -0.15) is 4.98 Å². The van der Waals surface area contributed by atoms with Crippen LogP contribution in [0, 0.1) is 13.8 Å². The van der Waals surface area contributed by atoms with Crippen molar-refractivity contribution in [2.45, 2.75) is 13.8 Å². The van der Waals surface area contributed by atoms with Crippen LogP contribution in [0.1, 0.15) is 11.1 Å². The lowest BCUT2D eigenvalue weighted by atomic mass is 10.1. The Morgan fingerprint density at radius 1 is 0.833 bits per heavy atom. The Kier molecular flexibility index (Phi) is 4.29. The van der Waals surface area contributed by atoms with E-state index in [4.69, 9.17) is 4.52 Å². The first kappa shape index (κ1) is 18.1. The number of hydrogen-bond acceptors (Lipinski definition) is 4. The average molecular weight is 393 g/mol. The molecule has 2 aromatic heterocycles. The van der Waals surface area contributed by atoms with Crippen molar-refractivity contribution in [3.63, 3.8) is 0 Å². The number of rotatable bonds is 3. The van der Waals surface area contributed by atoms with Crippen LogP contribution >= 0.6 is 0 Å². The molecule has 5 rings (SSSR count). The third-order valence-electron chi connectivity index (χ3n) is 5.25. The summed E-state index contributed by atoms with van der Waals surface area (Å²) in [6, 6.07) is 23.2. The minimum atomic E-state index is -0.0846. The number of pyridine rings is 1. The van der Waals surface area contributed by atoms with E-state index >= 15 is 0 Å². The van der Waals surface area contributed by atoms with E-state index in [-0.39, 0.29) is 5.56 Å². The van der Waals surface area contributed by atoms with E-state index in [0.717, 1.165) is 33.3 Å². The second kappa shape index (κ2) is 7.12. The van der Waals surface area contributed by atoms with E-state index in [1.807, 2.05) is 86.6 Å². The molecule has 30 heavy (non-hydrogen) atoms. The molecule has 0 amide bonds. The summed E-state index contributed by atoms with van der Waals surface area (Å²) in [5.41, 5.74) is 4.50. The molecule has 0 saturated heterocycles. The fourth-order valence-corrected chi connectivity index (χ4v) is 3.70. The fraction of sp³-hybridized carbons (Fsp3) is 0.0800. The van der Waals surface area contributed by atoms with Crippen molar-refractivity contribution in [3.05, 3.63) is 100 Å². The van der Waals surface area contributed by atoms with Gasteiger partial charge in [-0.05, 0) is 43.2 Å². The van der Waals surface area contributed by atoms with Gasteiger partial charge in [0.15, 0.2) is 0 Å². The largest absolute Gasteiger partial charge is 0.334 e. The van der Waals surface area contributed by atoms with Crippen molar-refractivity contribution in [2.24, 2.45) is 0 Å². The number of nitrogens with zero attached hydrogens (tertiary/aromatic N) is 3. The summed E-state index contributed by atoms with van der Waals surface area (Å²) >= 11 is 0. The summed E-state index contributed by atoms with van der Waals surface area (Å²) in [5, 5.41) is 5.58. The molecule has 0 atom stereocenters. The van der Waals surface area contributed by atoms with Crippen molar-refractivity contribution in [1.82, 2.24) is 14.7 Å². The molecule has 2 heterocycles. The van der Waals surface area contributed by atoms with Crippen LogP contribution < -0.4 is 5.56 Å². The maximum absolute atomic E-state index is 13.2. The lowest BCUT2D eigenvalue weighted by Gasteiger charge is -2.11. The molecule has 3 aromatic carbocycles. The highest BCUT2D eigenvalue weighted by Crippen LogP contribution is 2.29. The molecule has 0 N–H and O–H groups in total. The van der Waals surface area contributed by atoms with E-state index in [1.54, 1.807) is 10.8 Å². The molecule has 0 fully saturated rings. The van der Waals surface area contributed by atoms with E-state index < -0.39 is 0 Å². The number of benzene rings is 3. The van der Waals surface area contributed by atoms with Crippen LogP contribution in [0.25, 0.3) is 39.3 Å². The molecule has 5 heteroatoms. The zero-order chi connectivity index (χ0) is 20.7. The van der Waals surface area contributed by atoms with Crippen LogP contribution in [0.5, 0.6) is 0 Å². The predicted molar refractivity (Wildman–Crippen MR) is 118 cm³/mol. The maximum atomic E-state index is 13.2. The first-order valence-electron chi connectivity index (χ1n) is 9.73. The Bertz CT molecular complexity index is 1450. The van der Waals surface area contributed by atoms with Gasteiger partial charge in [-0.1, -0.05) is 59.8 Å². The SMILES string of the molecule is Cc1cccc(-n2cc(-c3nc(-c4ccccc4C)no3)c3ccccc3c2=O)c1. The van der Waals surface area contributed by atoms with Crippen LogP contribution in [0.2, 0.25) is 0 Å². The van der Waals surface area contributed by atoms with Crippen molar-refractivity contribution >= 4 is 10.8 Å². The minimum absolute atomic E-state index is 0.0846. The minimum Gasteiger partial charge on any atom is -0.334 e. The van der Waals surface area contributed by atoms with Gasteiger partial charge in [0.25, 0.3) is 11.4 Å². The van der Waals surface area contributed by atoms with Gasteiger partial charge >= 0.3 is 0 Å². The zero-order valence-corrected chi connectivity index (χ0v) is 16.7. The molecular weight excluding hydrogens is 374 g/mol. The Morgan fingerprint density at radius 3 is 2.40 bits per heavy atom. The van der Waals surface area contributed by atoms with Gasteiger partial charge in [0.1, 0.15) is 0 Å². The van der Waals surface area contributed by atoms with Crippen LogP contribution in [-0.2, 0) is 0 Å². The first-order chi connectivity index (χ1) is 14.6. The van der Waals surface area contributed by atoms with E-state index in [0.29, 0.717) is 17.1 Å². The molecule has 146 valence electrons. The number of aromatic nitrogens is 3. The Balaban J connectivity index is 1.75. The zero-order valence-electron chi connectivity index (χ0n) is 16.7. The third kappa shape index (κ3) is 3.01. The molecule has 0 aliphatic rings. The van der Waals surface area contributed by atoms with Gasteiger partial charge in [0, 0.05) is 28.2 Å². The van der Waals surface area contributed by atoms with Gasteiger partial charge in [0.05, 0.1) is 5.56 Å². The van der Waals surface area contributed by atoms with E-state index in [1.165, 1.54) is 0 Å². The quantitative estimate of drug-likeness (QED) is 0.416. The number of fused-ring (bicyclic) bond motifs is 1. The highest BCUT2D eigenvalue weighted by atomic mass is 16.5. The van der Waals surface area contributed by atoms with Crippen molar-refractivity contribution in [3.8, 4) is 28.5 Å². The topological polar surface area (TPSA) is 60.9 Å². The first-order valence-corrected chi connectivity index (χ1v) is 9.73. The molecule has 0 aliphatic carbocycles. The van der Waals surface area contributed by atoms with Gasteiger partial charge in [-0.3, -0.25) is 9.36 Å². The lowest BCUT2D eigenvalue weighted by Crippen LogP contribution is -2.18. The highest BCUT2D eigenvalue weighted by Gasteiger charge is 2.17. The standard InChI is InChI=1S/C25H19N3O2/c1-16-8-7-10-18(14-16)28-15-22(20-12-5-6-13-21(20)25(28)29)24-26-23(27-30-24)19-11-4-3-9-17(19)2/h3-15H,1-2H3. The molecule has 5 nitrogen and oxygen atoms in total. The third-order valence-corrected chi connectivity index (χ3v) is 5.25. The van der Waals surface area contributed by atoms with E-state index in [2.05, 4.69) is 10.1 Å². The Hall–Kier alpha value is -3.99. The Labute approximate surface area is 173 Å². The summed E-state index contributed by atoms with van der Waals surface area (Å²) in [4.78, 5) is 17.8. The van der Waals surface area contributed by atoms with Crippen molar-refractivity contribution in [1.29, 1.82) is 0 Å². The number of aryl methyl sites for hydroxylation is 2. The monoisotopic (exact) mass is 393 g/mol. The summed E-state index contributed by atoms with van der Waals surface area (Å²) < 4.78 is 7.29. The fourth-order valence-electron chi connectivity index (χ4n) is 3.70. The van der Waals surface area contributed by atoms with Crippen LogP contribution in [-0.4, -0.2) is 14.7 Å². The summed E-state index contributed by atoms with van der Waals surface area (Å²) in [5.74, 6) is 0.909. The summed E-state index contributed by atoms with van der Waals surface area (Å²) in [6.07, 6.45) is 1.79. The molecule has 0 bridgehead atoms. The smallest absolute Gasteiger partial charge is 0.262 e. The molecule has 0 unspecified atom stereocenters. The van der Waals surface area contributed by atoms with Gasteiger partial charge in [-0.25, -0.2) is 0 Å². The number of hydrogen-bond donors (Lipinski definition) is 0. The highest BCUT2D eigenvalue weighted by molar-refractivity contribution is 5.94. The molecular formula is C25H19N3O2. The second-order valence-electron chi connectivity index (χ2n) is 7.34. The van der Waals surface area contributed by atoms with Crippen LogP contribution in [0.3, 0.4) is 0 Å². The molecule has 0 radical (unpaired) electrons. The molecule has 5 aromatic rings.